The van der Waals surface area contributed by atoms with Crippen molar-refractivity contribution < 1.29 is 4.79 Å². The van der Waals surface area contributed by atoms with Gasteiger partial charge in [-0.3, -0.25) is 0 Å². The van der Waals surface area contributed by atoms with Gasteiger partial charge in [-0.05, 0) is 6.42 Å². The molecule has 0 heterocycles. The number of hydrogen-bond donors (Lipinski definition) is 0. The van der Waals surface area contributed by atoms with Gasteiger partial charge in [-0.1, -0.05) is 104 Å². The number of carbonyl (C=O) groups is 1. The maximum atomic E-state index is 10.0. The fraction of sp³-hybridized carbons (Fsp3) is 0.947. The second kappa shape index (κ2) is 23.7. The Morgan fingerprint density at radius 3 is 1.15 bits per heavy atom. The molecule has 0 bridgehead atoms. The summed E-state index contributed by atoms with van der Waals surface area (Å²) in [5.74, 6) is 0. The predicted octanol–water partition coefficient (Wildman–Crippen LogP) is 7.08. The van der Waals surface area contributed by atoms with Crippen LogP contribution in [0.2, 0.25) is 0 Å². The lowest BCUT2D eigenvalue weighted by atomic mass is 10.1. The lowest BCUT2D eigenvalue weighted by Crippen LogP contribution is -1.81. The van der Waals surface area contributed by atoms with Crippen LogP contribution in [0.1, 0.15) is 117 Å². The molecule has 0 saturated heterocycles. The summed E-state index contributed by atoms with van der Waals surface area (Å²) in [5, 5.41) is 0. The second-order valence-electron chi connectivity index (χ2n) is 5.84. The van der Waals surface area contributed by atoms with Crippen LogP contribution in [-0.4, -0.2) is 6.29 Å². The molecule has 0 aliphatic carbocycles. The Morgan fingerprint density at radius 2 is 0.800 bits per heavy atom. The average Bonchev–Trinajstić information content (AvgIpc) is 2.47. The lowest BCUT2D eigenvalue weighted by molar-refractivity contribution is -0.107. The fourth-order valence-electron chi connectivity index (χ4n) is 2.22. The molecule has 122 valence electrons. The van der Waals surface area contributed by atoms with E-state index in [0.29, 0.717) is 0 Å². The summed E-state index contributed by atoms with van der Waals surface area (Å²) in [6.07, 6.45) is 20.7. The predicted molar refractivity (Wildman–Crippen MR) is 92.3 cm³/mol. The molecule has 0 amide bonds. The van der Waals surface area contributed by atoms with Gasteiger partial charge in [0.2, 0.25) is 0 Å². The third-order valence-electron chi connectivity index (χ3n) is 3.63. The molecule has 0 saturated carbocycles. The molecule has 0 aromatic carbocycles. The Hall–Kier alpha value is -0.330. The summed E-state index contributed by atoms with van der Waals surface area (Å²) < 4.78 is 0. The molecule has 0 unspecified atom stereocenters. The minimum absolute atomic E-state index is 0.760. The van der Waals surface area contributed by atoms with Crippen LogP contribution in [0.15, 0.2) is 0 Å². The smallest absolute Gasteiger partial charge is 0.119 e. The molecule has 0 atom stereocenters. The van der Waals surface area contributed by atoms with E-state index in [4.69, 9.17) is 0 Å². The quantitative estimate of drug-likeness (QED) is 0.246. The van der Waals surface area contributed by atoms with Gasteiger partial charge in [0.05, 0.1) is 0 Å². The first-order chi connectivity index (χ1) is 9.83. The van der Waals surface area contributed by atoms with Gasteiger partial charge in [0.25, 0.3) is 0 Å². The largest absolute Gasteiger partial charge is 0.303 e. The average molecular weight is 285 g/mol. The zero-order chi connectivity index (χ0) is 15.3. The minimum atomic E-state index is 0.760. The first-order valence-corrected chi connectivity index (χ1v) is 9.27. The van der Waals surface area contributed by atoms with Crippen LogP contribution in [0.5, 0.6) is 0 Å². The summed E-state index contributed by atoms with van der Waals surface area (Å²) in [5.41, 5.74) is 0. The summed E-state index contributed by atoms with van der Waals surface area (Å²) >= 11 is 0. The lowest BCUT2D eigenvalue weighted by Gasteiger charge is -1.99. The molecule has 0 N–H and O–H groups in total. The van der Waals surface area contributed by atoms with Crippen molar-refractivity contribution in [1.29, 1.82) is 0 Å². The Kier molecular flexibility index (Phi) is 26.1. The van der Waals surface area contributed by atoms with E-state index in [9.17, 15) is 4.79 Å². The molecular weight excluding hydrogens is 244 g/mol. The van der Waals surface area contributed by atoms with Crippen LogP contribution in [0.4, 0.5) is 0 Å². The molecular formula is C19H40O. The highest BCUT2D eigenvalue weighted by Gasteiger charge is 1.91. The van der Waals surface area contributed by atoms with Crippen molar-refractivity contribution in [3.8, 4) is 0 Å². The SMILES string of the molecule is CCCCCCC.CCCCCCCCCCCC=O. The zero-order valence-corrected chi connectivity index (χ0v) is 14.6. The van der Waals surface area contributed by atoms with E-state index in [1.165, 1.54) is 83.5 Å². The highest BCUT2D eigenvalue weighted by molar-refractivity contribution is 5.48. The van der Waals surface area contributed by atoms with Crippen molar-refractivity contribution in [1.82, 2.24) is 0 Å². The first kappa shape index (κ1) is 22.0. The van der Waals surface area contributed by atoms with Crippen molar-refractivity contribution in [3.63, 3.8) is 0 Å². The monoisotopic (exact) mass is 284 g/mol. The Balaban J connectivity index is 0. The van der Waals surface area contributed by atoms with E-state index in [-0.39, 0.29) is 0 Å². The second-order valence-corrected chi connectivity index (χ2v) is 5.84. The van der Waals surface area contributed by atoms with Gasteiger partial charge in [-0.25, -0.2) is 0 Å². The number of rotatable bonds is 14. The van der Waals surface area contributed by atoms with Crippen molar-refractivity contribution in [2.75, 3.05) is 0 Å². The number of aldehydes is 1. The maximum absolute atomic E-state index is 10.0. The third kappa shape index (κ3) is 26.3. The van der Waals surface area contributed by atoms with Gasteiger partial charge in [-0.2, -0.15) is 0 Å². The molecule has 0 fully saturated rings. The van der Waals surface area contributed by atoms with Crippen LogP contribution in [0, 0.1) is 0 Å². The maximum Gasteiger partial charge on any atom is 0.119 e. The molecule has 0 aromatic heterocycles. The van der Waals surface area contributed by atoms with Crippen LogP contribution in [0.3, 0.4) is 0 Å². The van der Waals surface area contributed by atoms with Crippen LogP contribution in [-0.2, 0) is 4.79 Å². The summed E-state index contributed by atoms with van der Waals surface area (Å²) in [7, 11) is 0. The Bertz CT molecular complexity index is 150. The zero-order valence-electron chi connectivity index (χ0n) is 14.6. The van der Waals surface area contributed by atoms with E-state index >= 15 is 0 Å². The third-order valence-corrected chi connectivity index (χ3v) is 3.63. The molecule has 20 heavy (non-hydrogen) atoms. The molecule has 0 aromatic rings. The van der Waals surface area contributed by atoms with Crippen molar-refractivity contribution in [2.24, 2.45) is 0 Å². The van der Waals surface area contributed by atoms with Crippen LogP contribution in [0.25, 0.3) is 0 Å². The highest BCUT2D eigenvalue weighted by Crippen LogP contribution is 2.09. The summed E-state index contributed by atoms with van der Waals surface area (Å²) in [6.45, 7) is 6.74. The molecule has 0 aliphatic rings. The topological polar surface area (TPSA) is 17.1 Å². The summed E-state index contributed by atoms with van der Waals surface area (Å²) in [4.78, 5) is 10.0. The molecule has 0 rings (SSSR count). The highest BCUT2D eigenvalue weighted by atomic mass is 16.1. The van der Waals surface area contributed by atoms with E-state index in [1.54, 1.807) is 0 Å². The van der Waals surface area contributed by atoms with E-state index in [1.807, 2.05) is 0 Å². The Labute approximate surface area is 128 Å². The van der Waals surface area contributed by atoms with E-state index < -0.39 is 0 Å². The molecule has 1 heteroatoms. The van der Waals surface area contributed by atoms with Gasteiger partial charge in [0.1, 0.15) is 6.29 Å². The first-order valence-electron chi connectivity index (χ1n) is 9.27. The molecule has 1 nitrogen and oxygen atoms in total. The number of hydrogen-bond acceptors (Lipinski definition) is 1. The van der Waals surface area contributed by atoms with E-state index in [2.05, 4.69) is 20.8 Å². The number of unbranched alkanes of at least 4 members (excludes halogenated alkanes) is 13. The van der Waals surface area contributed by atoms with Gasteiger partial charge >= 0.3 is 0 Å². The van der Waals surface area contributed by atoms with Gasteiger partial charge in [0.15, 0.2) is 0 Å². The minimum Gasteiger partial charge on any atom is -0.303 e. The van der Waals surface area contributed by atoms with Crippen molar-refractivity contribution in [3.05, 3.63) is 0 Å². The van der Waals surface area contributed by atoms with E-state index in [0.717, 1.165) is 19.1 Å². The van der Waals surface area contributed by atoms with Crippen LogP contribution >= 0.6 is 0 Å². The van der Waals surface area contributed by atoms with Gasteiger partial charge < -0.3 is 4.79 Å². The van der Waals surface area contributed by atoms with Gasteiger partial charge in [0, 0.05) is 6.42 Å². The fourth-order valence-corrected chi connectivity index (χ4v) is 2.22. The summed E-state index contributed by atoms with van der Waals surface area (Å²) in [6, 6.07) is 0. The normalized spacial score (nSPS) is 9.95. The molecule has 0 spiro atoms. The van der Waals surface area contributed by atoms with Gasteiger partial charge in [-0.15, -0.1) is 0 Å². The molecule has 0 aliphatic heterocycles. The van der Waals surface area contributed by atoms with Crippen molar-refractivity contribution in [2.45, 2.75) is 117 Å². The molecule has 0 radical (unpaired) electrons. The van der Waals surface area contributed by atoms with Crippen molar-refractivity contribution >= 4 is 6.29 Å². The Morgan fingerprint density at radius 1 is 0.500 bits per heavy atom. The standard InChI is InChI=1S/C12H24O.C7H16/c1-2-3-4-5-6-7-8-9-10-11-12-13;1-3-5-7-6-4-2/h12H,2-11H2,1H3;3-7H2,1-2H3. The number of carbonyl (C=O) groups excluding carboxylic acids is 1. The van der Waals surface area contributed by atoms with Crippen LogP contribution < -0.4 is 0 Å².